The number of ether oxygens (including phenoxy) is 4. The summed E-state index contributed by atoms with van der Waals surface area (Å²) in [5.41, 5.74) is 0.706. The number of methoxy groups -OCH3 is 1. The van der Waals surface area contributed by atoms with Gasteiger partial charge in [0.1, 0.15) is 23.7 Å². The van der Waals surface area contributed by atoms with E-state index < -0.39 is 10.5 Å². The lowest BCUT2D eigenvalue weighted by molar-refractivity contribution is -0.385. The SMILES string of the molecule is COCc1cccc([N+](=O)[O-])c1COc1ccc(OC[C@H]2CCN(C(=O)OC(C)(C)C)C2)cc1. The molecular formula is C25H32N2O7. The Balaban J connectivity index is 1.51. The van der Waals surface area contributed by atoms with E-state index in [1.165, 1.54) is 6.07 Å². The predicted octanol–water partition coefficient (Wildman–Crippen LogP) is 4.96. The molecule has 9 nitrogen and oxygen atoms in total. The fourth-order valence-corrected chi connectivity index (χ4v) is 3.71. The minimum absolute atomic E-state index is 0.00601. The van der Waals surface area contributed by atoms with E-state index in [-0.39, 0.29) is 30.9 Å². The molecule has 0 unspecified atom stereocenters. The van der Waals surface area contributed by atoms with Gasteiger partial charge in [0.05, 0.1) is 23.7 Å². The Labute approximate surface area is 199 Å². The minimum atomic E-state index is -0.508. The van der Waals surface area contributed by atoms with Crippen LogP contribution < -0.4 is 9.47 Å². The zero-order valence-electron chi connectivity index (χ0n) is 20.1. The maximum absolute atomic E-state index is 12.2. The summed E-state index contributed by atoms with van der Waals surface area (Å²) in [6.07, 6.45) is 0.573. The molecule has 0 spiro atoms. The molecule has 184 valence electrons. The third-order valence-corrected chi connectivity index (χ3v) is 5.38. The van der Waals surface area contributed by atoms with Crippen molar-refractivity contribution in [3.8, 4) is 11.5 Å². The lowest BCUT2D eigenvalue weighted by Gasteiger charge is -2.24. The molecule has 34 heavy (non-hydrogen) atoms. The molecule has 3 rings (SSSR count). The van der Waals surface area contributed by atoms with Crippen molar-refractivity contribution in [3.05, 3.63) is 63.7 Å². The van der Waals surface area contributed by atoms with Crippen LogP contribution in [0.3, 0.4) is 0 Å². The number of nitrogens with zero attached hydrogens (tertiary/aromatic N) is 2. The Morgan fingerprint density at radius 3 is 2.38 bits per heavy atom. The van der Waals surface area contributed by atoms with Gasteiger partial charge in [0.2, 0.25) is 0 Å². The fourth-order valence-electron chi connectivity index (χ4n) is 3.71. The van der Waals surface area contributed by atoms with Gasteiger partial charge in [0.25, 0.3) is 5.69 Å². The van der Waals surface area contributed by atoms with E-state index >= 15 is 0 Å². The summed E-state index contributed by atoms with van der Waals surface area (Å²) in [6, 6.07) is 12.0. The van der Waals surface area contributed by atoms with Gasteiger partial charge >= 0.3 is 6.09 Å². The number of hydrogen-bond donors (Lipinski definition) is 0. The highest BCUT2D eigenvalue weighted by atomic mass is 16.6. The second-order valence-electron chi connectivity index (χ2n) is 9.26. The molecule has 0 bridgehead atoms. The standard InChI is InChI=1S/C25H32N2O7/c1-25(2,3)34-24(28)26-13-12-18(14-26)15-32-20-8-10-21(11-9-20)33-17-22-19(16-31-4)6-5-7-23(22)27(29)30/h5-11,18H,12-17H2,1-4H3/t18-/m0/s1. The average Bonchev–Trinajstić information content (AvgIpc) is 3.26. The molecule has 1 aliphatic heterocycles. The van der Waals surface area contributed by atoms with Crippen LogP contribution in [0.15, 0.2) is 42.5 Å². The molecule has 0 aromatic heterocycles. The Bertz CT molecular complexity index is 986. The topological polar surface area (TPSA) is 100 Å². The quantitative estimate of drug-likeness (QED) is 0.376. The molecule has 9 heteroatoms. The second kappa shape index (κ2) is 11.2. The summed E-state index contributed by atoms with van der Waals surface area (Å²) >= 11 is 0. The van der Waals surface area contributed by atoms with Gasteiger partial charge in [0, 0.05) is 32.2 Å². The van der Waals surface area contributed by atoms with Gasteiger partial charge in [-0.05, 0) is 57.0 Å². The molecule has 1 fully saturated rings. The summed E-state index contributed by atoms with van der Waals surface area (Å²) in [7, 11) is 1.54. The summed E-state index contributed by atoms with van der Waals surface area (Å²) < 4.78 is 22.3. The molecule has 1 aliphatic rings. The van der Waals surface area contributed by atoms with Gasteiger partial charge in [-0.1, -0.05) is 12.1 Å². The van der Waals surface area contributed by atoms with Gasteiger partial charge in [-0.3, -0.25) is 10.1 Å². The van der Waals surface area contributed by atoms with Gasteiger partial charge < -0.3 is 23.8 Å². The molecule has 0 aliphatic carbocycles. The molecule has 1 amide bonds. The maximum atomic E-state index is 12.2. The second-order valence-corrected chi connectivity index (χ2v) is 9.26. The van der Waals surface area contributed by atoms with Gasteiger partial charge in [-0.2, -0.15) is 0 Å². The van der Waals surface area contributed by atoms with Crippen molar-refractivity contribution in [2.45, 2.75) is 46.0 Å². The van der Waals surface area contributed by atoms with Gasteiger partial charge in [0.15, 0.2) is 0 Å². The molecule has 0 radical (unpaired) electrons. The first-order chi connectivity index (χ1) is 16.2. The molecule has 0 saturated carbocycles. The zero-order valence-corrected chi connectivity index (χ0v) is 20.1. The number of carbonyl (C=O) groups excluding carboxylic acids is 1. The maximum Gasteiger partial charge on any atom is 0.410 e. The number of likely N-dealkylation sites (tertiary alicyclic amines) is 1. The minimum Gasteiger partial charge on any atom is -0.493 e. The molecule has 2 aromatic rings. The third-order valence-electron chi connectivity index (χ3n) is 5.38. The predicted molar refractivity (Wildman–Crippen MR) is 126 cm³/mol. The van der Waals surface area contributed by atoms with Crippen LogP contribution in [0, 0.1) is 16.0 Å². The lowest BCUT2D eigenvalue weighted by atomic mass is 10.1. The summed E-state index contributed by atoms with van der Waals surface area (Å²) in [4.78, 5) is 24.9. The fraction of sp³-hybridized carbons (Fsp3) is 0.480. The monoisotopic (exact) mass is 472 g/mol. The van der Waals surface area contributed by atoms with Crippen molar-refractivity contribution in [2.75, 3.05) is 26.8 Å². The smallest absolute Gasteiger partial charge is 0.410 e. The number of rotatable bonds is 9. The van der Waals surface area contributed by atoms with E-state index in [1.807, 2.05) is 20.8 Å². The Kier molecular flexibility index (Phi) is 8.33. The van der Waals surface area contributed by atoms with Crippen LogP contribution in [0.4, 0.5) is 10.5 Å². The Morgan fingerprint density at radius 1 is 1.09 bits per heavy atom. The number of hydrogen-bond acceptors (Lipinski definition) is 7. The zero-order chi connectivity index (χ0) is 24.7. The van der Waals surface area contributed by atoms with Crippen LogP contribution >= 0.6 is 0 Å². The Hall–Kier alpha value is -3.33. The van der Waals surface area contributed by atoms with Crippen molar-refractivity contribution < 1.29 is 28.7 Å². The number of nitro groups is 1. The highest BCUT2D eigenvalue weighted by molar-refractivity contribution is 5.68. The van der Waals surface area contributed by atoms with Crippen molar-refractivity contribution in [1.29, 1.82) is 0 Å². The van der Waals surface area contributed by atoms with E-state index in [0.29, 0.717) is 42.3 Å². The summed E-state index contributed by atoms with van der Waals surface area (Å²) in [5, 5.41) is 11.4. The molecule has 2 aromatic carbocycles. The average molecular weight is 473 g/mol. The highest BCUT2D eigenvalue weighted by Crippen LogP contribution is 2.26. The van der Waals surface area contributed by atoms with Crippen molar-refractivity contribution in [3.63, 3.8) is 0 Å². The van der Waals surface area contributed by atoms with E-state index in [2.05, 4.69) is 0 Å². The van der Waals surface area contributed by atoms with Crippen LogP contribution in [-0.2, 0) is 22.7 Å². The summed E-state index contributed by atoms with van der Waals surface area (Å²) in [6.45, 7) is 7.65. The van der Waals surface area contributed by atoms with Crippen LogP contribution in [-0.4, -0.2) is 48.3 Å². The largest absolute Gasteiger partial charge is 0.493 e. The molecule has 1 atom stereocenters. The molecule has 1 saturated heterocycles. The normalized spacial score (nSPS) is 15.8. The van der Waals surface area contributed by atoms with Gasteiger partial charge in [-0.15, -0.1) is 0 Å². The first kappa shape index (κ1) is 25.3. The highest BCUT2D eigenvalue weighted by Gasteiger charge is 2.30. The van der Waals surface area contributed by atoms with Gasteiger partial charge in [-0.25, -0.2) is 4.79 Å². The molecule has 1 heterocycles. The number of amides is 1. The van der Waals surface area contributed by atoms with E-state index in [0.717, 1.165) is 6.42 Å². The van der Waals surface area contributed by atoms with Crippen LogP contribution in [0.5, 0.6) is 11.5 Å². The van der Waals surface area contributed by atoms with E-state index in [1.54, 1.807) is 48.4 Å². The lowest BCUT2D eigenvalue weighted by Crippen LogP contribution is -2.35. The van der Waals surface area contributed by atoms with Crippen molar-refractivity contribution >= 4 is 11.8 Å². The number of carbonyl (C=O) groups is 1. The summed E-state index contributed by atoms with van der Waals surface area (Å²) in [5.74, 6) is 1.50. The number of benzene rings is 2. The number of nitro benzene ring substituents is 1. The van der Waals surface area contributed by atoms with E-state index in [4.69, 9.17) is 18.9 Å². The van der Waals surface area contributed by atoms with E-state index in [9.17, 15) is 14.9 Å². The van der Waals surface area contributed by atoms with Crippen LogP contribution in [0.25, 0.3) is 0 Å². The van der Waals surface area contributed by atoms with Crippen molar-refractivity contribution in [2.24, 2.45) is 5.92 Å². The van der Waals surface area contributed by atoms with Crippen LogP contribution in [0.1, 0.15) is 38.3 Å². The molecular weight excluding hydrogens is 440 g/mol. The molecule has 0 N–H and O–H groups in total. The third kappa shape index (κ3) is 7.08. The van der Waals surface area contributed by atoms with Crippen LogP contribution in [0.2, 0.25) is 0 Å². The Morgan fingerprint density at radius 2 is 1.76 bits per heavy atom. The van der Waals surface area contributed by atoms with Crippen molar-refractivity contribution in [1.82, 2.24) is 4.90 Å². The first-order valence-corrected chi connectivity index (χ1v) is 11.2. The first-order valence-electron chi connectivity index (χ1n) is 11.2.